The highest BCUT2D eigenvalue weighted by molar-refractivity contribution is 6.06. The summed E-state index contributed by atoms with van der Waals surface area (Å²) in [5.41, 5.74) is 3.92. The van der Waals surface area contributed by atoms with Crippen LogP contribution in [-0.2, 0) is 9.59 Å². The number of carbonyl (C=O) groups is 2. The number of fused-ring (bicyclic) bond motifs is 1. The van der Waals surface area contributed by atoms with E-state index < -0.39 is 6.04 Å². The number of methoxy groups -OCH3 is 1. The Morgan fingerprint density at radius 2 is 1.82 bits per heavy atom. The van der Waals surface area contributed by atoms with Gasteiger partial charge in [0.2, 0.25) is 5.91 Å². The third kappa shape index (κ3) is 3.79. The maximum Gasteiger partial charge on any atom is 0.230 e. The SMILES string of the molecule is COc1ccc([C@H]2C3=C(C[C@H](c4ccco4)CC3=O)Nc3ccccc3N2C(=O)C(C)C)cc1. The molecule has 1 aromatic heterocycles. The molecule has 2 aliphatic rings. The number of para-hydroxylation sites is 2. The fraction of sp³-hybridized carbons (Fsp3) is 0.286. The lowest BCUT2D eigenvalue weighted by atomic mass is 9.80. The molecule has 1 N–H and O–H groups in total. The zero-order chi connectivity index (χ0) is 23.8. The summed E-state index contributed by atoms with van der Waals surface area (Å²) in [4.78, 5) is 29.3. The van der Waals surface area contributed by atoms with Crippen LogP contribution in [0.2, 0.25) is 0 Å². The topological polar surface area (TPSA) is 71.8 Å². The van der Waals surface area contributed by atoms with Crippen LogP contribution in [0, 0.1) is 5.92 Å². The van der Waals surface area contributed by atoms with Crippen LogP contribution in [0.1, 0.15) is 50.0 Å². The Morgan fingerprint density at radius 3 is 2.50 bits per heavy atom. The zero-order valence-electron chi connectivity index (χ0n) is 19.6. The molecule has 1 amide bonds. The number of rotatable bonds is 4. The summed E-state index contributed by atoms with van der Waals surface area (Å²) in [7, 11) is 1.62. The highest BCUT2D eigenvalue weighted by Crippen LogP contribution is 2.47. The molecule has 6 nitrogen and oxygen atoms in total. The molecule has 34 heavy (non-hydrogen) atoms. The maximum absolute atomic E-state index is 13.8. The Bertz CT molecular complexity index is 1240. The Kier molecular flexibility index (Phi) is 5.74. The first-order chi connectivity index (χ1) is 16.5. The number of benzene rings is 2. The molecule has 174 valence electrons. The van der Waals surface area contributed by atoms with Crippen molar-refractivity contribution in [2.24, 2.45) is 5.92 Å². The van der Waals surface area contributed by atoms with Gasteiger partial charge in [-0.1, -0.05) is 38.1 Å². The van der Waals surface area contributed by atoms with Crippen molar-refractivity contribution in [2.75, 3.05) is 17.3 Å². The first-order valence-corrected chi connectivity index (χ1v) is 11.6. The molecule has 2 aromatic carbocycles. The number of allylic oxidation sites excluding steroid dienone is 1. The van der Waals surface area contributed by atoms with Gasteiger partial charge in [-0.15, -0.1) is 0 Å². The number of hydrogen-bond acceptors (Lipinski definition) is 5. The lowest BCUT2D eigenvalue weighted by Gasteiger charge is -2.35. The van der Waals surface area contributed by atoms with Gasteiger partial charge in [-0.05, 0) is 48.4 Å². The zero-order valence-corrected chi connectivity index (χ0v) is 19.6. The summed E-state index contributed by atoms with van der Waals surface area (Å²) in [6, 6.07) is 18.6. The van der Waals surface area contributed by atoms with E-state index in [2.05, 4.69) is 5.32 Å². The lowest BCUT2D eigenvalue weighted by Crippen LogP contribution is -2.40. The second kappa shape index (κ2) is 8.86. The van der Waals surface area contributed by atoms with E-state index in [4.69, 9.17) is 9.15 Å². The number of anilines is 2. The predicted octanol–water partition coefficient (Wildman–Crippen LogP) is 5.84. The van der Waals surface area contributed by atoms with E-state index in [0.717, 1.165) is 34.1 Å². The highest BCUT2D eigenvalue weighted by Gasteiger charge is 2.42. The van der Waals surface area contributed by atoms with Gasteiger partial charge in [0.15, 0.2) is 5.78 Å². The van der Waals surface area contributed by atoms with Crippen molar-refractivity contribution < 1.29 is 18.7 Å². The average molecular weight is 457 g/mol. The van der Waals surface area contributed by atoms with E-state index in [1.165, 1.54) is 0 Å². The van der Waals surface area contributed by atoms with Crippen LogP contribution in [0.25, 0.3) is 0 Å². The Balaban J connectivity index is 1.72. The van der Waals surface area contributed by atoms with Crippen LogP contribution in [0.3, 0.4) is 0 Å². The Morgan fingerprint density at radius 1 is 1.06 bits per heavy atom. The minimum absolute atomic E-state index is 0.0188. The maximum atomic E-state index is 13.8. The second-order valence-corrected chi connectivity index (χ2v) is 9.12. The summed E-state index contributed by atoms with van der Waals surface area (Å²) >= 11 is 0. The van der Waals surface area contributed by atoms with Gasteiger partial charge in [0.25, 0.3) is 0 Å². The summed E-state index contributed by atoms with van der Waals surface area (Å²) in [5.74, 6) is 1.21. The number of nitrogens with one attached hydrogen (secondary N) is 1. The van der Waals surface area contributed by atoms with E-state index in [1.54, 1.807) is 18.3 Å². The minimum Gasteiger partial charge on any atom is -0.497 e. The van der Waals surface area contributed by atoms with Crippen molar-refractivity contribution in [3.63, 3.8) is 0 Å². The quantitative estimate of drug-likeness (QED) is 0.534. The minimum atomic E-state index is -0.544. The third-order valence-electron chi connectivity index (χ3n) is 6.60. The fourth-order valence-corrected chi connectivity index (χ4v) is 4.94. The van der Waals surface area contributed by atoms with Crippen molar-refractivity contribution in [3.05, 3.63) is 89.5 Å². The van der Waals surface area contributed by atoms with Crippen molar-refractivity contribution in [1.29, 1.82) is 0 Å². The molecule has 0 spiro atoms. The Hall–Kier alpha value is -3.80. The molecule has 0 unspecified atom stereocenters. The van der Waals surface area contributed by atoms with E-state index in [-0.39, 0.29) is 23.5 Å². The van der Waals surface area contributed by atoms with Gasteiger partial charge in [-0.3, -0.25) is 14.5 Å². The summed E-state index contributed by atoms with van der Waals surface area (Å²) < 4.78 is 11.0. The number of nitrogens with zero attached hydrogens (tertiary/aromatic N) is 1. The number of carbonyl (C=O) groups excluding carboxylic acids is 2. The molecule has 1 aliphatic carbocycles. The first kappa shape index (κ1) is 22.0. The second-order valence-electron chi connectivity index (χ2n) is 9.12. The van der Waals surface area contributed by atoms with Crippen LogP contribution in [0.5, 0.6) is 5.75 Å². The molecule has 6 heteroatoms. The number of furan rings is 1. The molecule has 1 aliphatic heterocycles. The van der Waals surface area contributed by atoms with Gasteiger partial charge in [0.1, 0.15) is 11.5 Å². The van der Waals surface area contributed by atoms with E-state index in [0.29, 0.717) is 18.4 Å². The molecule has 0 radical (unpaired) electrons. The van der Waals surface area contributed by atoms with Crippen LogP contribution >= 0.6 is 0 Å². The number of ether oxygens (including phenoxy) is 1. The van der Waals surface area contributed by atoms with Crippen molar-refractivity contribution >= 4 is 23.1 Å². The van der Waals surface area contributed by atoms with Crippen LogP contribution in [0.4, 0.5) is 11.4 Å². The van der Waals surface area contributed by atoms with E-state index in [1.807, 2.05) is 74.5 Å². The van der Waals surface area contributed by atoms with Gasteiger partial charge in [-0.25, -0.2) is 0 Å². The predicted molar refractivity (Wildman–Crippen MR) is 131 cm³/mol. The summed E-state index contributed by atoms with van der Waals surface area (Å²) in [5, 5.41) is 3.53. The highest BCUT2D eigenvalue weighted by atomic mass is 16.5. The smallest absolute Gasteiger partial charge is 0.230 e. The van der Waals surface area contributed by atoms with Gasteiger partial charge >= 0.3 is 0 Å². The molecule has 0 saturated carbocycles. The number of ketones is 1. The van der Waals surface area contributed by atoms with Gasteiger partial charge in [0.05, 0.1) is 30.8 Å². The molecule has 0 bridgehead atoms. The van der Waals surface area contributed by atoms with Crippen LogP contribution in [0.15, 0.2) is 82.6 Å². The van der Waals surface area contributed by atoms with Gasteiger partial charge in [0, 0.05) is 29.5 Å². The van der Waals surface area contributed by atoms with Crippen molar-refractivity contribution in [1.82, 2.24) is 0 Å². The first-order valence-electron chi connectivity index (χ1n) is 11.6. The molecule has 0 saturated heterocycles. The largest absolute Gasteiger partial charge is 0.497 e. The molecule has 0 fully saturated rings. The fourth-order valence-electron chi connectivity index (χ4n) is 4.94. The molecule has 2 atom stereocenters. The molecule has 5 rings (SSSR count). The normalized spacial score (nSPS) is 19.9. The van der Waals surface area contributed by atoms with Crippen LogP contribution in [-0.4, -0.2) is 18.8 Å². The molecular formula is C28H28N2O4. The Labute approximate surface area is 199 Å². The van der Waals surface area contributed by atoms with Gasteiger partial charge < -0.3 is 14.5 Å². The van der Waals surface area contributed by atoms with Crippen molar-refractivity contribution in [2.45, 2.75) is 38.6 Å². The molecule has 3 aromatic rings. The van der Waals surface area contributed by atoms with E-state index >= 15 is 0 Å². The monoisotopic (exact) mass is 456 g/mol. The van der Waals surface area contributed by atoms with Crippen LogP contribution < -0.4 is 15.0 Å². The average Bonchev–Trinajstić information content (AvgIpc) is 3.34. The van der Waals surface area contributed by atoms with Gasteiger partial charge in [-0.2, -0.15) is 0 Å². The van der Waals surface area contributed by atoms with Crippen molar-refractivity contribution in [3.8, 4) is 5.75 Å². The molecule has 2 heterocycles. The van der Waals surface area contributed by atoms with E-state index in [9.17, 15) is 9.59 Å². The summed E-state index contributed by atoms with van der Waals surface area (Å²) in [6.07, 6.45) is 2.60. The number of Topliss-reactive ketones (excluding diaryl/α,β-unsaturated/α-hetero) is 1. The summed E-state index contributed by atoms with van der Waals surface area (Å²) in [6.45, 7) is 3.78. The number of amides is 1. The molecular weight excluding hydrogens is 428 g/mol. The number of hydrogen-bond donors (Lipinski definition) is 1. The lowest BCUT2D eigenvalue weighted by molar-refractivity contribution is -0.121. The standard InChI is InChI=1S/C28H28N2O4/c1-17(2)28(32)30-23-8-5-4-7-21(23)29-22-15-19(25-9-6-14-34-25)16-24(31)26(22)27(30)18-10-12-20(33-3)13-11-18/h4-14,17,19,27,29H,15-16H2,1-3H3/t19-,27-/m0/s1. The third-order valence-corrected chi connectivity index (χ3v) is 6.60.